The molecule has 1 heterocycles. The predicted molar refractivity (Wildman–Crippen MR) is 263 cm³/mol. The van der Waals surface area contributed by atoms with E-state index in [1.165, 1.54) is 0 Å². The lowest BCUT2D eigenvalue weighted by molar-refractivity contribution is -0.671. The third-order valence-electron chi connectivity index (χ3n) is 12.0. The van der Waals surface area contributed by atoms with Crippen molar-refractivity contribution in [1.82, 2.24) is 4.57 Å². The van der Waals surface area contributed by atoms with E-state index in [1.54, 1.807) is 0 Å². The smallest absolute Gasteiger partial charge is 0.311 e. The summed E-state index contributed by atoms with van der Waals surface area (Å²) in [6.07, 6.45) is 27.6. The number of hydrogen-bond donors (Lipinski definition) is 0. The Labute approximate surface area is 385 Å². The molecular formula is C55H81N2O7+. The average molecular weight is 882 g/mol. The normalized spacial score (nSPS) is 11.5. The van der Waals surface area contributed by atoms with Crippen molar-refractivity contribution >= 4 is 38.3 Å². The SMILES string of the molecule is CCCCCOc1cc2c3cc(OCCCCC)c(OCCCCC)cc3c3cc(OC(=O)CCCCCCCn4cc[n+](C)c4)c(OCCCCC)cc3c2cc1OCCCCC. The zero-order chi connectivity index (χ0) is 45.4. The summed E-state index contributed by atoms with van der Waals surface area (Å²) in [6, 6.07) is 12.7. The van der Waals surface area contributed by atoms with E-state index in [0.29, 0.717) is 51.0 Å². The fourth-order valence-corrected chi connectivity index (χ4v) is 8.23. The maximum Gasteiger partial charge on any atom is 0.311 e. The van der Waals surface area contributed by atoms with E-state index >= 15 is 0 Å². The Morgan fingerprint density at radius 3 is 1.11 bits per heavy atom. The number of rotatable bonds is 34. The third-order valence-corrected chi connectivity index (χ3v) is 12.0. The Morgan fingerprint density at radius 1 is 0.438 bits per heavy atom. The number of ether oxygens (including phenoxy) is 6. The van der Waals surface area contributed by atoms with Crippen molar-refractivity contribution in [3.63, 3.8) is 0 Å². The predicted octanol–water partition coefficient (Wildman–Crippen LogP) is 14.6. The molecule has 4 aromatic carbocycles. The molecule has 0 amide bonds. The molecule has 0 unspecified atom stereocenters. The number of benzene rings is 4. The van der Waals surface area contributed by atoms with Gasteiger partial charge in [-0.1, -0.05) is 112 Å². The quantitative estimate of drug-likeness (QED) is 0.0134. The van der Waals surface area contributed by atoms with Gasteiger partial charge in [0.15, 0.2) is 34.5 Å². The molecule has 0 aliphatic heterocycles. The first-order chi connectivity index (χ1) is 31.4. The van der Waals surface area contributed by atoms with Crippen molar-refractivity contribution in [3.8, 4) is 34.5 Å². The summed E-state index contributed by atoms with van der Waals surface area (Å²) in [5.41, 5.74) is 0. The number of carbonyl (C=O) groups excluding carboxylic acids is 1. The molecule has 0 radical (unpaired) electrons. The topological polar surface area (TPSA) is 81.3 Å². The number of hydrogen-bond acceptors (Lipinski definition) is 7. The van der Waals surface area contributed by atoms with Crippen LogP contribution < -0.4 is 33.0 Å². The van der Waals surface area contributed by atoms with Gasteiger partial charge in [-0.2, -0.15) is 0 Å². The molecule has 0 saturated carbocycles. The summed E-state index contributed by atoms with van der Waals surface area (Å²) < 4.78 is 43.4. The molecular weight excluding hydrogens is 801 g/mol. The molecule has 9 heteroatoms. The molecule has 64 heavy (non-hydrogen) atoms. The maximum atomic E-state index is 13.7. The Hall–Kier alpha value is -4.66. The number of aryl methyl sites for hydroxylation is 2. The van der Waals surface area contributed by atoms with Gasteiger partial charge >= 0.3 is 5.97 Å². The number of imidazole rings is 1. The molecule has 0 aliphatic carbocycles. The number of carbonyl (C=O) groups is 1. The molecule has 0 aliphatic rings. The number of unbranched alkanes of at least 4 members (excludes halogenated alkanes) is 14. The van der Waals surface area contributed by atoms with Crippen molar-refractivity contribution in [2.75, 3.05) is 33.0 Å². The first-order valence-electron chi connectivity index (χ1n) is 25.3. The standard InChI is InChI=1S/C55H81N2O7/c1-7-12-22-31-59-49-36-43-44-37-50(60-32-23-13-8-2)52(62-34-25-15-10-4)39-46(44)48-41-54(64-55(58)27-20-18-17-19-21-28-57-30-29-56(6)42-57)53(63-35-26-16-11-5)40-47(48)45(43)38-51(49)61-33-24-14-9-3/h29-30,36-42H,7-28,31-35H2,1-6H3/q+1. The van der Waals surface area contributed by atoms with Gasteiger partial charge in [0.05, 0.1) is 46.6 Å². The van der Waals surface area contributed by atoms with Crippen molar-refractivity contribution in [3.05, 3.63) is 55.1 Å². The highest BCUT2D eigenvalue weighted by Crippen LogP contribution is 2.47. The zero-order valence-electron chi connectivity index (χ0n) is 40.5. The molecule has 9 nitrogen and oxygen atoms in total. The third kappa shape index (κ3) is 15.5. The fourth-order valence-electron chi connectivity index (χ4n) is 8.23. The largest absolute Gasteiger partial charge is 0.490 e. The summed E-state index contributed by atoms with van der Waals surface area (Å²) in [4.78, 5) is 13.7. The number of nitrogens with zero attached hydrogens (tertiary/aromatic N) is 2. The van der Waals surface area contributed by atoms with Crippen LogP contribution in [0.4, 0.5) is 0 Å². The van der Waals surface area contributed by atoms with Gasteiger partial charge in [-0.05, 0) is 120 Å². The van der Waals surface area contributed by atoms with E-state index in [4.69, 9.17) is 28.4 Å². The molecule has 0 N–H and O–H groups in total. The maximum absolute atomic E-state index is 13.7. The Kier molecular flexibility index (Phi) is 22.3. The fraction of sp³-hybridized carbons (Fsp3) is 0.600. The zero-order valence-corrected chi connectivity index (χ0v) is 40.5. The van der Waals surface area contributed by atoms with Gasteiger partial charge in [0, 0.05) is 6.42 Å². The average Bonchev–Trinajstić information content (AvgIpc) is 3.72. The molecule has 0 atom stereocenters. The van der Waals surface area contributed by atoms with Crippen LogP contribution in [0.15, 0.2) is 55.1 Å². The van der Waals surface area contributed by atoms with Crippen LogP contribution in [-0.2, 0) is 18.4 Å². The minimum atomic E-state index is -0.238. The molecule has 5 rings (SSSR count). The second kappa shape index (κ2) is 28.3. The Balaban J connectivity index is 1.58. The van der Waals surface area contributed by atoms with E-state index in [1.807, 2.05) is 13.1 Å². The number of fused-ring (bicyclic) bond motifs is 6. The molecule has 0 bridgehead atoms. The second-order valence-electron chi connectivity index (χ2n) is 17.6. The van der Waals surface area contributed by atoms with Gasteiger partial charge in [-0.25, -0.2) is 9.13 Å². The monoisotopic (exact) mass is 882 g/mol. The van der Waals surface area contributed by atoms with Gasteiger partial charge < -0.3 is 28.4 Å². The summed E-state index contributed by atoms with van der Waals surface area (Å²) in [5, 5.41) is 6.01. The molecule has 0 spiro atoms. The molecule has 1 aromatic heterocycles. The van der Waals surface area contributed by atoms with Crippen LogP contribution in [0.25, 0.3) is 32.3 Å². The molecule has 352 valence electrons. The molecule has 5 aromatic rings. The minimum Gasteiger partial charge on any atom is -0.490 e. The second-order valence-corrected chi connectivity index (χ2v) is 17.6. The van der Waals surface area contributed by atoms with Crippen molar-refractivity contribution in [2.45, 2.75) is 176 Å². The van der Waals surface area contributed by atoms with E-state index in [-0.39, 0.29) is 5.97 Å². The Bertz CT molecular complexity index is 2090. The van der Waals surface area contributed by atoms with Gasteiger partial charge in [-0.15, -0.1) is 0 Å². The van der Waals surface area contributed by atoms with Crippen LogP contribution in [-0.4, -0.2) is 43.6 Å². The van der Waals surface area contributed by atoms with E-state index in [2.05, 4.69) is 92.8 Å². The van der Waals surface area contributed by atoms with Crippen molar-refractivity contribution in [2.24, 2.45) is 7.05 Å². The lowest BCUT2D eigenvalue weighted by atomic mass is 9.93. The summed E-state index contributed by atoms with van der Waals surface area (Å²) in [6.45, 7) is 15.0. The summed E-state index contributed by atoms with van der Waals surface area (Å²) >= 11 is 0. The molecule has 0 fully saturated rings. The van der Waals surface area contributed by atoms with Gasteiger partial charge in [0.1, 0.15) is 12.4 Å². The van der Waals surface area contributed by atoms with Crippen LogP contribution in [0.3, 0.4) is 0 Å². The highest BCUT2D eigenvalue weighted by molar-refractivity contribution is 6.27. The number of esters is 1. The lowest BCUT2D eigenvalue weighted by Crippen LogP contribution is -2.23. The Morgan fingerprint density at radius 2 is 0.766 bits per heavy atom. The van der Waals surface area contributed by atoms with Gasteiger partial charge in [0.2, 0.25) is 6.33 Å². The first kappa shape index (κ1) is 50.3. The van der Waals surface area contributed by atoms with Crippen LogP contribution in [0.2, 0.25) is 0 Å². The van der Waals surface area contributed by atoms with Crippen LogP contribution in [0.1, 0.15) is 169 Å². The lowest BCUT2D eigenvalue weighted by Gasteiger charge is -2.20. The minimum absolute atomic E-state index is 0.238. The van der Waals surface area contributed by atoms with Gasteiger partial charge in [0.25, 0.3) is 0 Å². The highest BCUT2D eigenvalue weighted by atomic mass is 16.6. The first-order valence-corrected chi connectivity index (χ1v) is 25.3. The molecule has 0 saturated heterocycles. The van der Waals surface area contributed by atoms with E-state index in [9.17, 15) is 4.79 Å². The van der Waals surface area contributed by atoms with Crippen LogP contribution in [0.5, 0.6) is 34.5 Å². The summed E-state index contributed by atoms with van der Waals surface area (Å²) in [5.74, 6) is 3.76. The van der Waals surface area contributed by atoms with E-state index in [0.717, 1.165) is 190 Å². The van der Waals surface area contributed by atoms with Gasteiger partial charge in [-0.3, -0.25) is 4.79 Å². The van der Waals surface area contributed by atoms with E-state index < -0.39 is 0 Å². The van der Waals surface area contributed by atoms with Crippen molar-refractivity contribution < 1.29 is 37.8 Å². The summed E-state index contributed by atoms with van der Waals surface area (Å²) in [7, 11) is 2.05. The van der Waals surface area contributed by atoms with Crippen molar-refractivity contribution in [1.29, 1.82) is 0 Å². The van der Waals surface area contributed by atoms with Crippen LogP contribution in [0, 0.1) is 0 Å². The highest BCUT2D eigenvalue weighted by Gasteiger charge is 2.21. The van der Waals surface area contributed by atoms with Crippen LogP contribution >= 0.6 is 0 Å². The number of aromatic nitrogens is 2.